The number of hydrogen-bond acceptors (Lipinski definition) is 5. The Balaban J connectivity index is 2.11. The van der Waals surface area contributed by atoms with Crippen LogP contribution < -0.4 is 10.6 Å². The molecule has 21 heavy (non-hydrogen) atoms. The smallest absolute Gasteiger partial charge is 0.225 e. The van der Waals surface area contributed by atoms with Crippen LogP contribution in [-0.4, -0.2) is 17.0 Å². The van der Waals surface area contributed by atoms with Gasteiger partial charge in [0, 0.05) is 7.05 Å². The first-order valence-corrected chi connectivity index (χ1v) is 7.56. The first kappa shape index (κ1) is 14.3. The van der Waals surface area contributed by atoms with Gasteiger partial charge < -0.3 is 10.6 Å². The lowest BCUT2D eigenvalue weighted by Crippen LogP contribution is -2.01. The molecule has 3 aromatic rings. The average molecular weight is 343 g/mol. The van der Waals surface area contributed by atoms with Crippen molar-refractivity contribution in [3.8, 4) is 0 Å². The third-order valence-corrected chi connectivity index (χ3v) is 4.20. The van der Waals surface area contributed by atoms with Crippen LogP contribution in [0.5, 0.6) is 0 Å². The van der Waals surface area contributed by atoms with Crippen molar-refractivity contribution >= 4 is 62.2 Å². The van der Waals surface area contributed by atoms with Crippen LogP contribution in [0.2, 0.25) is 10.0 Å². The van der Waals surface area contributed by atoms with Gasteiger partial charge in [-0.25, -0.2) is 9.37 Å². The molecule has 0 saturated heterocycles. The summed E-state index contributed by atoms with van der Waals surface area (Å²) in [5.74, 6) is 0.539. The summed E-state index contributed by atoms with van der Waals surface area (Å²) in [6.45, 7) is 0. The Morgan fingerprint density at radius 3 is 2.57 bits per heavy atom. The van der Waals surface area contributed by atoms with E-state index >= 15 is 0 Å². The largest absolute Gasteiger partial charge is 0.357 e. The highest BCUT2D eigenvalue weighted by molar-refractivity contribution is 7.16. The molecule has 1 aromatic carbocycles. The van der Waals surface area contributed by atoms with Crippen LogP contribution in [0.25, 0.3) is 10.2 Å². The lowest BCUT2D eigenvalue weighted by Gasteiger charge is -2.11. The zero-order valence-corrected chi connectivity index (χ0v) is 13.1. The van der Waals surface area contributed by atoms with Gasteiger partial charge >= 0.3 is 0 Å². The molecule has 0 aliphatic heterocycles. The fraction of sp³-hybridized carbons (Fsp3) is 0.0769. The van der Waals surface area contributed by atoms with Crippen molar-refractivity contribution in [3.63, 3.8) is 0 Å². The van der Waals surface area contributed by atoms with E-state index in [0.717, 1.165) is 10.2 Å². The van der Waals surface area contributed by atoms with Gasteiger partial charge in [0.1, 0.15) is 16.5 Å². The molecule has 2 heterocycles. The average Bonchev–Trinajstić information content (AvgIpc) is 2.90. The van der Waals surface area contributed by atoms with Crippen LogP contribution in [0.15, 0.2) is 23.6 Å². The van der Waals surface area contributed by atoms with Crippen molar-refractivity contribution < 1.29 is 4.39 Å². The molecule has 3 rings (SSSR count). The number of benzene rings is 1. The second-order valence-electron chi connectivity index (χ2n) is 4.15. The maximum Gasteiger partial charge on any atom is 0.225 e. The number of nitrogens with one attached hydrogen (secondary N) is 2. The Labute approximate surface area is 133 Å². The molecule has 2 aromatic heterocycles. The van der Waals surface area contributed by atoms with E-state index in [-0.39, 0.29) is 10.0 Å². The number of nitrogens with zero attached hydrogens (tertiary/aromatic N) is 2. The van der Waals surface area contributed by atoms with E-state index in [1.54, 1.807) is 7.05 Å². The number of fused-ring (bicyclic) bond motifs is 1. The van der Waals surface area contributed by atoms with Gasteiger partial charge in [-0.1, -0.05) is 23.2 Å². The highest BCUT2D eigenvalue weighted by atomic mass is 35.5. The quantitative estimate of drug-likeness (QED) is 0.709. The number of anilines is 3. The molecule has 0 fully saturated rings. The third-order valence-electron chi connectivity index (χ3n) is 2.80. The molecule has 0 unspecified atom stereocenters. The van der Waals surface area contributed by atoms with Crippen LogP contribution >= 0.6 is 34.5 Å². The minimum atomic E-state index is -0.491. The summed E-state index contributed by atoms with van der Waals surface area (Å²) in [5, 5.41) is 9.08. The number of hydrogen-bond donors (Lipinski definition) is 2. The van der Waals surface area contributed by atoms with Gasteiger partial charge in [-0.3, -0.25) is 0 Å². The maximum atomic E-state index is 13.2. The second-order valence-corrected chi connectivity index (χ2v) is 5.86. The standard InChI is InChI=1S/C13H9Cl2FN4S/c1-17-13-19-11(7-2-3-21-12(7)20-13)18-10-8(14)4-6(16)5-9(10)15/h2-5H,1H3,(H2,17,18,19,20). The molecule has 0 saturated carbocycles. The van der Waals surface area contributed by atoms with Gasteiger partial charge in [0.05, 0.1) is 21.1 Å². The Kier molecular flexibility index (Phi) is 3.84. The van der Waals surface area contributed by atoms with Crippen LogP contribution in [0, 0.1) is 5.82 Å². The molecule has 0 spiro atoms. The summed E-state index contributed by atoms with van der Waals surface area (Å²) in [7, 11) is 1.73. The summed E-state index contributed by atoms with van der Waals surface area (Å²) >= 11 is 13.6. The molecular formula is C13H9Cl2FN4S. The van der Waals surface area contributed by atoms with Crippen molar-refractivity contribution in [2.45, 2.75) is 0 Å². The van der Waals surface area contributed by atoms with Crippen molar-refractivity contribution in [2.75, 3.05) is 17.7 Å². The fourth-order valence-corrected chi connectivity index (χ4v) is 3.16. The van der Waals surface area contributed by atoms with Gasteiger partial charge in [-0.2, -0.15) is 4.98 Å². The van der Waals surface area contributed by atoms with E-state index in [1.165, 1.54) is 23.5 Å². The molecule has 0 aliphatic rings. The highest BCUT2D eigenvalue weighted by Crippen LogP contribution is 2.36. The number of rotatable bonds is 3. The van der Waals surface area contributed by atoms with Gasteiger partial charge in [0.25, 0.3) is 0 Å². The van der Waals surface area contributed by atoms with E-state index in [2.05, 4.69) is 20.6 Å². The first-order valence-electron chi connectivity index (χ1n) is 5.93. The van der Waals surface area contributed by atoms with Gasteiger partial charge in [-0.15, -0.1) is 11.3 Å². The van der Waals surface area contributed by atoms with Gasteiger partial charge in [0.2, 0.25) is 5.95 Å². The minimum absolute atomic E-state index is 0.188. The number of halogens is 3. The van der Waals surface area contributed by atoms with Crippen molar-refractivity contribution in [1.29, 1.82) is 0 Å². The molecule has 0 amide bonds. The molecule has 0 bridgehead atoms. The molecule has 8 heteroatoms. The molecule has 0 atom stereocenters. The summed E-state index contributed by atoms with van der Waals surface area (Å²) in [6, 6.07) is 4.29. The predicted molar refractivity (Wildman–Crippen MR) is 86.7 cm³/mol. The summed E-state index contributed by atoms with van der Waals surface area (Å²) < 4.78 is 13.2. The SMILES string of the molecule is CNc1nc(Nc2c(Cl)cc(F)cc2Cl)c2ccsc2n1. The number of thiophene rings is 1. The summed E-state index contributed by atoms with van der Waals surface area (Å²) in [4.78, 5) is 9.52. The van der Waals surface area contributed by atoms with Crippen molar-refractivity contribution in [3.05, 3.63) is 39.4 Å². The van der Waals surface area contributed by atoms with Crippen LogP contribution in [-0.2, 0) is 0 Å². The Morgan fingerprint density at radius 2 is 1.90 bits per heavy atom. The molecule has 108 valence electrons. The van der Waals surface area contributed by atoms with Gasteiger partial charge in [-0.05, 0) is 23.6 Å². The zero-order chi connectivity index (χ0) is 15.0. The lowest BCUT2D eigenvalue weighted by atomic mass is 10.3. The van der Waals surface area contributed by atoms with Crippen molar-refractivity contribution in [1.82, 2.24) is 9.97 Å². The molecular weight excluding hydrogens is 334 g/mol. The first-order chi connectivity index (χ1) is 10.1. The van der Waals surface area contributed by atoms with E-state index in [9.17, 15) is 4.39 Å². The monoisotopic (exact) mass is 342 g/mol. The molecule has 4 nitrogen and oxygen atoms in total. The molecule has 2 N–H and O–H groups in total. The molecule has 0 aliphatic carbocycles. The number of aromatic nitrogens is 2. The van der Waals surface area contributed by atoms with Crippen LogP contribution in [0.1, 0.15) is 0 Å². The van der Waals surface area contributed by atoms with Gasteiger partial charge in [0.15, 0.2) is 0 Å². The van der Waals surface area contributed by atoms with E-state index in [1.807, 2.05) is 11.4 Å². The summed E-state index contributed by atoms with van der Waals surface area (Å²) in [6.07, 6.45) is 0. The van der Waals surface area contributed by atoms with E-state index in [0.29, 0.717) is 17.5 Å². The maximum absolute atomic E-state index is 13.2. The van der Waals surface area contributed by atoms with Crippen molar-refractivity contribution in [2.24, 2.45) is 0 Å². The van der Waals surface area contributed by atoms with E-state index in [4.69, 9.17) is 23.2 Å². The highest BCUT2D eigenvalue weighted by Gasteiger charge is 2.13. The predicted octanol–water partition coefficient (Wildman–Crippen LogP) is 4.92. The zero-order valence-electron chi connectivity index (χ0n) is 10.7. The van der Waals surface area contributed by atoms with Crippen LogP contribution in [0.4, 0.5) is 21.8 Å². The van der Waals surface area contributed by atoms with Crippen LogP contribution in [0.3, 0.4) is 0 Å². The molecule has 0 radical (unpaired) electrons. The topological polar surface area (TPSA) is 49.8 Å². The Hall–Kier alpha value is -1.63. The Bertz CT molecular complexity index is 798. The lowest BCUT2D eigenvalue weighted by molar-refractivity contribution is 0.628. The minimum Gasteiger partial charge on any atom is -0.357 e. The Morgan fingerprint density at radius 1 is 1.19 bits per heavy atom. The summed E-state index contributed by atoms with van der Waals surface area (Å²) in [5.41, 5.74) is 0.410. The third kappa shape index (κ3) is 2.74. The fourth-order valence-electron chi connectivity index (χ4n) is 1.84. The van der Waals surface area contributed by atoms with E-state index < -0.39 is 5.82 Å². The second kappa shape index (κ2) is 5.63. The normalized spacial score (nSPS) is 10.9.